The quantitative estimate of drug-likeness (QED) is 0.751. The Morgan fingerprint density at radius 1 is 1.60 bits per heavy atom. The third-order valence-corrected chi connectivity index (χ3v) is 2.87. The van der Waals surface area contributed by atoms with E-state index in [1.165, 1.54) is 6.07 Å². The van der Waals surface area contributed by atoms with E-state index in [1.807, 2.05) is 0 Å². The van der Waals surface area contributed by atoms with Crippen LogP contribution in [0.3, 0.4) is 0 Å². The van der Waals surface area contributed by atoms with Gasteiger partial charge in [-0.2, -0.15) is 0 Å². The van der Waals surface area contributed by atoms with Gasteiger partial charge in [-0.1, -0.05) is 11.6 Å². The number of nitrogens with one attached hydrogen (secondary N) is 1. The summed E-state index contributed by atoms with van der Waals surface area (Å²) in [5.74, 6) is -0.686. The number of aromatic nitrogens is 1. The van der Waals surface area contributed by atoms with Crippen molar-refractivity contribution in [3.8, 4) is 0 Å². The first-order valence-corrected chi connectivity index (χ1v) is 5.16. The summed E-state index contributed by atoms with van der Waals surface area (Å²) in [4.78, 5) is 14.8. The average Bonchev–Trinajstić information content (AvgIpc) is 2.69. The van der Waals surface area contributed by atoms with Gasteiger partial charge >= 0.3 is 5.97 Å². The zero-order valence-corrected chi connectivity index (χ0v) is 8.79. The van der Waals surface area contributed by atoms with Gasteiger partial charge in [0, 0.05) is 18.2 Å². The molecule has 80 valence electrons. The summed E-state index contributed by atoms with van der Waals surface area (Å²) >= 11 is 5.79. The highest BCUT2D eigenvalue weighted by Crippen LogP contribution is 2.23. The Balaban J connectivity index is 2.28. The monoisotopic (exact) mass is 226 g/mol. The van der Waals surface area contributed by atoms with Crippen LogP contribution < -0.4 is 5.32 Å². The molecule has 1 unspecified atom stereocenters. The van der Waals surface area contributed by atoms with Crippen LogP contribution in [0.1, 0.15) is 28.4 Å². The van der Waals surface area contributed by atoms with Crippen molar-refractivity contribution in [1.82, 2.24) is 10.3 Å². The Morgan fingerprint density at radius 2 is 2.40 bits per heavy atom. The van der Waals surface area contributed by atoms with Crippen LogP contribution >= 0.6 is 11.6 Å². The summed E-state index contributed by atoms with van der Waals surface area (Å²) in [7, 11) is 0. The molecule has 2 N–H and O–H groups in total. The molecule has 15 heavy (non-hydrogen) atoms. The van der Waals surface area contributed by atoms with Crippen molar-refractivity contribution in [3.63, 3.8) is 0 Å². The van der Waals surface area contributed by atoms with Crippen LogP contribution in [0.2, 0.25) is 5.15 Å². The number of hydrogen-bond acceptors (Lipinski definition) is 3. The van der Waals surface area contributed by atoms with Crippen LogP contribution in [0.5, 0.6) is 0 Å². The Kier molecular flexibility index (Phi) is 2.88. The maximum atomic E-state index is 10.7. The van der Waals surface area contributed by atoms with E-state index in [0.29, 0.717) is 5.92 Å². The van der Waals surface area contributed by atoms with Gasteiger partial charge in [0.25, 0.3) is 0 Å². The Morgan fingerprint density at radius 3 is 2.93 bits per heavy atom. The molecule has 0 aromatic carbocycles. The Bertz CT molecular complexity index is 389. The van der Waals surface area contributed by atoms with E-state index in [-0.39, 0.29) is 10.7 Å². The van der Waals surface area contributed by atoms with Gasteiger partial charge < -0.3 is 10.4 Å². The molecule has 1 aromatic heterocycles. The molecule has 2 rings (SSSR count). The lowest BCUT2D eigenvalue weighted by atomic mass is 10.0. The van der Waals surface area contributed by atoms with E-state index in [9.17, 15) is 4.79 Å². The van der Waals surface area contributed by atoms with Crippen molar-refractivity contribution >= 4 is 17.6 Å². The molecule has 1 aromatic rings. The van der Waals surface area contributed by atoms with E-state index in [2.05, 4.69) is 10.3 Å². The maximum Gasteiger partial charge on any atom is 0.338 e. The number of rotatable bonds is 2. The topological polar surface area (TPSA) is 62.2 Å². The standard InChI is InChI=1S/C10H11ClN2O2/c11-9-7(10(14)15)1-2-8(13-9)6-3-4-12-5-6/h1-2,6,12H,3-5H2,(H,14,15). The highest BCUT2D eigenvalue weighted by Gasteiger charge is 2.19. The molecule has 0 radical (unpaired) electrons. The smallest absolute Gasteiger partial charge is 0.338 e. The Hall–Kier alpha value is -1.13. The summed E-state index contributed by atoms with van der Waals surface area (Å²) < 4.78 is 0. The molecular weight excluding hydrogens is 216 g/mol. The summed E-state index contributed by atoms with van der Waals surface area (Å²) in [6.45, 7) is 1.86. The number of carbonyl (C=O) groups is 1. The van der Waals surface area contributed by atoms with Gasteiger partial charge in [0.05, 0.1) is 5.56 Å². The van der Waals surface area contributed by atoms with Gasteiger partial charge in [-0.15, -0.1) is 0 Å². The van der Waals surface area contributed by atoms with Crippen molar-refractivity contribution in [2.45, 2.75) is 12.3 Å². The SMILES string of the molecule is O=C(O)c1ccc(C2CCNC2)nc1Cl. The fourth-order valence-electron chi connectivity index (χ4n) is 1.74. The van der Waals surface area contributed by atoms with Crippen molar-refractivity contribution in [2.75, 3.05) is 13.1 Å². The van der Waals surface area contributed by atoms with Gasteiger partial charge in [-0.3, -0.25) is 0 Å². The lowest BCUT2D eigenvalue weighted by Crippen LogP contribution is -2.09. The summed E-state index contributed by atoms with van der Waals surface area (Å²) in [5.41, 5.74) is 0.932. The predicted molar refractivity (Wildman–Crippen MR) is 56.4 cm³/mol. The molecule has 1 aliphatic rings. The fourth-order valence-corrected chi connectivity index (χ4v) is 1.98. The van der Waals surface area contributed by atoms with Gasteiger partial charge in [0.2, 0.25) is 0 Å². The highest BCUT2D eigenvalue weighted by molar-refractivity contribution is 6.32. The first-order chi connectivity index (χ1) is 7.18. The van der Waals surface area contributed by atoms with Crippen LogP contribution in [-0.2, 0) is 0 Å². The second kappa shape index (κ2) is 4.16. The van der Waals surface area contributed by atoms with Crippen molar-refractivity contribution in [1.29, 1.82) is 0 Å². The van der Waals surface area contributed by atoms with Crippen LogP contribution in [0.15, 0.2) is 12.1 Å². The molecule has 1 saturated heterocycles. The molecule has 5 heteroatoms. The first-order valence-electron chi connectivity index (χ1n) is 4.79. The van der Waals surface area contributed by atoms with Gasteiger partial charge in [0.1, 0.15) is 5.15 Å². The number of aromatic carboxylic acids is 1. The Labute approximate surface area is 92.3 Å². The van der Waals surface area contributed by atoms with Crippen LogP contribution in [-0.4, -0.2) is 29.1 Å². The molecular formula is C10H11ClN2O2. The second-order valence-corrected chi connectivity index (χ2v) is 3.93. The zero-order chi connectivity index (χ0) is 10.8. The maximum absolute atomic E-state index is 10.7. The van der Waals surface area contributed by atoms with Crippen molar-refractivity contribution < 1.29 is 9.90 Å². The molecule has 1 aliphatic heterocycles. The predicted octanol–water partition coefficient (Wildman–Crippen LogP) is 1.51. The number of carboxylic acids is 1. The van der Waals surface area contributed by atoms with E-state index in [0.717, 1.165) is 25.2 Å². The van der Waals surface area contributed by atoms with Crippen LogP contribution in [0, 0.1) is 0 Å². The largest absolute Gasteiger partial charge is 0.478 e. The average molecular weight is 227 g/mol. The molecule has 1 fully saturated rings. The zero-order valence-electron chi connectivity index (χ0n) is 8.03. The molecule has 4 nitrogen and oxygen atoms in total. The van der Waals surface area contributed by atoms with E-state index in [4.69, 9.17) is 16.7 Å². The molecule has 0 aliphatic carbocycles. The number of pyridine rings is 1. The third kappa shape index (κ3) is 2.11. The first kappa shape index (κ1) is 10.4. The third-order valence-electron chi connectivity index (χ3n) is 2.58. The van der Waals surface area contributed by atoms with Crippen LogP contribution in [0.25, 0.3) is 0 Å². The minimum atomic E-state index is -1.04. The normalized spacial score (nSPS) is 20.5. The highest BCUT2D eigenvalue weighted by atomic mass is 35.5. The lowest BCUT2D eigenvalue weighted by molar-refractivity contribution is 0.0696. The molecule has 0 saturated carbocycles. The molecule has 0 spiro atoms. The van der Waals surface area contributed by atoms with Gasteiger partial charge in [0.15, 0.2) is 0 Å². The number of halogens is 1. The van der Waals surface area contributed by atoms with Gasteiger partial charge in [-0.05, 0) is 25.1 Å². The van der Waals surface area contributed by atoms with Crippen molar-refractivity contribution in [2.24, 2.45) is 0 Å². The van der Waals surface area contributed by atoms with E-state index >= 15 is 0 Å². The van der Waals surface area contributed by atoms with E-state index in [1.54, 1.807) is 6.07 Å². The molecule has 0 bridgehead atoms. The van der Waals surface area contributed by atoms with Crippen molar-refractivity contribution in [3.05, 3.63) is 28.5 Å². The summed E-state index contributed by atoms with van der Waals surface area (Å²) in [6.07, 6.45) is 1.02. The molecule has 2 heterocycles. The number of hydrogen-bond donors (Lipinski definition) is 2. The second-order valence-electron chi connectivity index (χ2n) is 3.57. The number of nitrogens with zero attached hydrogens (tertiary/aromatic N) is 1. The molecule has 0 amide bonds. The lowest BCUT2D eigenvalue weighted by Gasteiger charge is -2.08. The molecule has 1 atom stereocenters. The van der Waals surface area contributed by atoms with E-state index < -0.39 is 5.97 Å². The van der Waals surface area contributed by atoms with Gasteiger partial charge in [-0.25, -0.2) is 9.78 Å². The number of carboxylic acid groups (broad SMARTS) is 1. The summed E-state index contributed by atoms with van der Waals surface area (Å²) in [6, 6.07) is 3.26. The summed E-state index contributed by atoms with van der Waals surface area (Å²) in [5, 5.41) is 12.1. The minimum absolute atomic E-state index is 0.0615. The van der Waals surface area contributed by atoms with Crippen LogP contribution in [0.4, 0.5) is 0 Å². The fraction of sp³-hybridized carbons (Fsp3) is 0.400. The minimum Gasteiger partial charge on any atom is -0.478 e.